The maximum absolute atomic E-state index is 14.4. The summed E-state index contributed by atoms with van der Waals surface area (Å²) in [7, 11) is 1.54. The molecule has 4 rings (SSSR count). The summed E-state index contributed by atoms with van der Waals surface area (Å²) in [5, 5.41) is 3.39. The summed E-state index contributed by atoms with van der Waals surface area (Å²) in [5.41, 5.74) is 2.37. The number of thiophene rings is 1. The number of benzene rings is 2. The van der Waals surface area contributed by atoms with Crippen LogP contribution in [0.15, 0.2) is 42.5 Å². The van der Waals surface area contributed by atoms with Gasteiger partial charge in [0.05, 0.1) is 23.7 Å². The van der Waals surface area contributed by atoms with E-state index in [1.165, 1.54) is 24.5 Å². The van der Waals surface area contributed by atoms with Crippen LogP contribution in [-0.2, 0) is 16.1 Å². The van der Waals surface area contributed by atoms with Crippen molar-refractivity contribution in [3.63, 3.8) is 0 Å². The van der Waals surface area contributed by atoms with Crippen LogP contribution in [0.5, 0.6) is 0 Å². The topological polar surface area (TPSA) is 50.8 Å². The van der Waals surface area contributed by atoms with Gasteiger partial charge in [-0.3, -0.25) is 4.79 Å². The zero-order valence-electron chi connectivity index (χ0n) is 17.3. The summed E-state index contributed by atoms with van der Waals surface area (Å²) < 4.78 is 26.1. The number of fused-ring (bicyclic) bond motifs is 1. The quantitative estimate of drug-likeness (QED) is 0.618. The average molecular weight is 429 g/mol. The van der Waals surface area contributed by atoms with Crippen molar-refractivity contribution in [1.82, 2.24) is 0 Å². The average Bonchev–Trinajstić information content (AvgIpc) is 3.08. The van der Waals surface area contributed by atoms with Crippen molar-refractivity contribution in [2.75, 3.05) is 30.4 Å². The fraction of sp³-hybridized carbons (Fsp3) is 0.348. The molecule has 2 heterocycles. The fourth-order valence-electron chi connectivity index (χ4n) is 3.96. The van der Waals surface area contributed by atoms with Gasteiger partial charge in [-0.05, 0) is 50.2 Å². The highest BCUT2D eigenvalue weighted by Crippen LogP contribution is 2.34. The highest BCUT2D eigenvalue weighted by molar-refractivity contribution is 7.21. The Balaban J connectivity index is 1.54. The van der Waals surface area contributed by atoms with E-state index in [1.54, 1.807) is 6.07 Å². The highest BCUT2D eigenvalue weighted by Gasteiger charge is 2.23. The van der Waals surface area contributed by atoms with Crippen LogP contribution in [0.3, 0.4) is 0 Å². The summed E-state index contributed by atoms with van der Waals surface area (Å²) in [5.74, 6) is -0.600. The molecule has 2 atom stereocenters. The van der Waals surface area contributed by atoms with Crippen molar-refractivity contribution in [1.29, 1.82) is 0 Å². The Labute approximate surface area is 179 Å². The van der Waals surface area contributed by atoms with E-state index in [-0.39, 0.29) is 30.5 Å². The molecule has 2 unspecified atom stereocenters. The maximum Gasteiger partial charge on any atom is 0.266 e. The van der Waals surface area contributed by atoms with Crippen molar-refractivity contribution in [2.45, 2.75) is 32.7 Å². The van der Waals surface area contributed by atoms with Gasteiger partial charge in [0.2, 0.25) is 0 Å². The van der Waals surface area contributed by atoms with E-state index in [0.29, 0.717) is 21.5 Å². The molecule has 158 valence electrons. The molecular weight excluding hydrogens is 403 g/mol. The largest absolute Gasteiger partial charge is 0.380 e. The van der Waals surface area contributed by atoms with Crippen molar-refractivity contribution in [3.05, 3.63) is 58.7 Å². The molecule has 1 amide bonds. The van der Waals surface area contributed by atoms with Gasteiger partial charge in [-0.2, -0.15) is 0 Å². The first kappa shape index (κ1) is 20.8. The van der Waals surface area contributed by atoms with Gasteiger partial charge >= 0.3 is 0 Å². The first-order valence-electron chi connectivity index (χ1n) is 9.97. The predicted octanol–water partition coefficient (Wildman–Crippen LogP) is 5.05. The summed E-state index contributed by atoms with van der Waals surface area (Å²) in [4.78, 5) is 15.7. The van der Waals surface area contributed by atoms with Crippen LogP contribution >= 0.6 is 11.3 Å². The molecule has 30 heavy (non-hydrogen) atoms. The molecule has 0 saturated carbocycles. The third-order valence-corrected chi connectivity index (χ3v) is 6.36. The Morgan fingerprint density at radius 1 is 1.20 bits per heavy atom. The Hall–Kier alpha value is -2.48. The molecule has 0 radical (unpaired) electrons. The van der Waals surface area contributed by atoms with Crippen LogP contribution < -0.4 is 10.2 Å². The van der Waals surface area contributed by atoms with Gasteiger partial charge in [0.1, 0.15) is 5.82 Å². The lowest BCUT2D eigenvalue weighted by atomic mass is 10.1. The number of nitrogens with one attached hydrogen (secondary N) is 1. The Kier molecular flexibility index (Phi) is 6.04. The van der Waals surface area contributed by atoms with Crippen LogP contribution in [0.25, 0.3) is 10.1 Å². The highest BCUT2D eigenvalue weighted by atomic mass is 32.1. The van der Waals surface area contributed by atoms with Gasteiger partial charge in [-0.25, -0.2) is 4.39 Å². The number of morpholine rings is 1. The van der Waals surface area contributed by atoms with E-state index in [4.69, 9.17) is 9.47 Å². The van der Waals surface area contributed by atoms with E-state index < -0.39 is 0 Å². The lowest BCUT2D eigenvalue weighted by Gasteiger charge is -2.36. The normalized spacial score (nSPS) is 19.3. The van der Waals surface area contributed by atoms with Gasteiger partial charge in [0.15, 0.2) is 0 Å². The van der Waals surface area contributed by atoms with E-state index in [0.717, 1.165) is 23.5 Å². The molecule has 5 nitrogen and oxygen atoms in total. The van der Waals surface area contributed by atoms with Gasteiger partial charge in [0.25, 0.3) is 5.91 Å². The second kappa shape index (κ2) is 8.71. The molecule has 2 aromatic carbocycles. The Morgan fingerprint density at radius 3 is 2.57 bits per heavy atom. The van der Waals surface area contributed by atoms with E-state index in [1.807, 2.05) is 30.3 Å². The molecule has 1 aliphatic heterocycles. The van der Waals surface area contributed by atoms with E-state index in [9.17, 15) is 9.18 Å². The molecule has 1 fully saturated rings. The Bertz CT molecular complexity index is 1040. The van der Waals surface area contributed by atoms with Crippen molar-refractivity contribution in [2.24, 2.45) is 0 Å². The minimum absolute atomic E-state index is 0.177. The van der Waals surface area contributed by atoms with Gasteiger partial charge in [0, 0.05) is 47.2 Å². The number of rotatable bonds is 5. The summed E-state index contributed by atoms with van der Waals surface area (Å²) >= 11 is 1.28. The third-order valence-electron chi connectivity index (χ3n) is 5.17. The second-order valence-electron chi connectivity index (χ2n) is 7.62. The molecule has 0 bridgehead atoms. The lowest BCUT2D eigenvalue weighted by Crippen LogP contribution is -2.45. The predicted molar refractivity (Wildman–Crippen MR) is 119 cm³/mol. The van der Waals surface area contributed by atoms with Crippen LogP contribution in [0.4, 0.5) is 15.8 Å². The molecule has 3 aromatic rings. The fourth-order valence-corrected chi connectivity index (χ4v) is 5.08. The smallest absolute Gasteiger partial charge is 0.266 e. The second-order valence-corrected chi connectivity index (χ2v) is 8.67. The molecular formula is C23H25FN2O3S. The molecule has 1 saturated heterocycles. The van der Waals surface area contributed by atoms with Crippen molar-refractivity contribution in [3.8, 4) is 0 Å². The molecule has 1 N–H and O–H groups in total. The molecule has 1 aliphatic rings. The molecule has 0 spiro atoms. The van der Waals surface area contributed by atoms with E-state index in [2.05, 4.69) is 24.1 Å². The summed E-state index contributed by atoms with van der Waals surface area (Å²) in [6, 6.07) is 12.7. The van der Waals surface area contributed by atoms with Crippen molar-refractivity contribution < 1.29 is 18.7 Å². The zero-order valence-corrected chi connectivity index (χ0v) is 18.1. The standard InChI is InChI=1S/C23H25FN2O3S/c1-14-11-26(12-15(2)29-14)17-9-7-16(8-10-17)25-23(27)22-18(13-28-3)21-19(24)5-4-6-20(21)30-22/h4-10,14-15H,11-13H2,1-3H3,(H,25,27). The first-order valence-corrected chi connectivity index (χ1v) is 10.8. The summed E-state index contributed by atoms with van der Waals surface area (Å²) in [6.45, 7) is 5.99. The monoisotopic (exact) mass is 428 g/mol. The van der Waals surface area contributed by atoms with Crippen LogP contribution in [0, 0.1) is 5.82 Å². The van der Waals surface area contributed by atoms with E-state index >= 15 is 0 Å². The number of amides is 1. The number of ether oxygens (including phenoxy) is 2. The number of methoxy groups -OCH3 is 1. The lowest BCUT2D eigenvalue weighted by molar-refractivity contribution is -0.00521. The number of nitrogens with zero attached hydrogens (tertiary/aromatic N) is 1. The first-order chi connectivity index (χ1) is 14.5. The number of carbonyl (C=O) groups excluding carboxylic acids is 1. The number of carbonyl (C=O) groups is 1. The minimum atomic E-state index is -0.340. The van der Waals surface area contributed by atoms with Crippen LogP contribution in [0.2, 0.25) is 0 Å². The number of hydrogen-bond acceptors (Lipinski definition) is 5. The third kappa shape index (κ3) is 4.19. The minimum Gasteiger partial charge on any atom is -0.380 e. The molecule has 1 aromatic heterocycles. The van der Waals surface area contributed by atoms with Gasteiger partial charge in [-0.1, -0.05) is 6.07 Å². The number of halogens is 1. The zero-order chi connectivity index (χ0) is 21.3. The molecule has 0 aliphatic carbocycles. The maximum atomic E-state index is 14.4. The van der Waals surface area contributed by atoms with Crippen molar-refractivity contribution >= 4 is 38.7 Å². The SMILES string of the molecule is COCc1c(C(=O)Nc2ccc(N3CC(C)OC(C)C3)cc2)sc2cccc(F)c12. The van der Waals surface area contributed by atoms with Gasteiger partial charge in [-0.15, -0.1) is 11.3 Å². The van der Waals surface area contributed by atoms with Crippen LogP contribution in [-0.4, -0.2) is 38.3 Å². The number of hydrogen-bond donors (Lipinski definition) is 1. The Morgan fingerprint density at radius 2 is 1.90 bits per heavy atom. The summed E-state index contributed by atoms with van der Waals surface area (Å²) in [6.07, 6.45) is 0.362. The number of anilines is 2. The van der Waals surface area contributed by atoms with Gasteiger partial charge < -0.3 is 19.7 Å². The molecule has 7 heteroatoms. The van der Waals surface area contributed by atoms with Crippen LogP contribution in [0.1, 0.15) is 29.1 Å².